The Balaban J connectivity index is 1.75. The van der Waals surface area contributed by atoms with Crippen LogP contribution < -0.4 is 15.2 Å². The first-order chi connectivity index (χ1) is 9.72. The fourth-order valence-electron chi connectivity index (χ4n) is 1.96. The summed E-state index contributed by atoms with van der Waals surface area (Å²) in [6.45, 7) is 1.11. The van der Waals surface area contributed by atoms with Gasteiger partial charge in [-0.1, -0.05) is 0 Å². The van der Waals surface area contributed by atoms with Gasteiger partial charge >= 0.3 is 0 Å². The molecule has 5 heteroatoms. The highest BCUT2D eigenvalue weighted by molar-refractivity contribution is 7.98. The van der Waals surface area contributed by atoms with E-state index < -0.39 is 0 Å². The average Bonchev–Trinajstić information content (AvgIpc) is 2.47. The third kappa shape index (κ3) is 2.82. The van der Waals surface area contributed by atoms with Gasteiger partial charge in [0.05, 0.1) is 0 Å². The maximum atomic E-state index is 12.8. The van der Waals surface area contributed by atoms with Crippen LogP contribution in [0, 0.1) is 5.82 Å². The van der Waals surface area contributed by atoms with Gasteiger partial charge in [0.1, 0.15) is 19.0 Å². The maximum Gasteiger partial charge on any atom is 0.163 e. The van der Waals surface area contributed by atoms with E-state index in [0.29, 0.717) is 30.4 Å². The van der Waals surface area contributed by atoms with Gasteiger partial charge in [-0.25, -0.2) is 4.39 Å². The SMILES string of the molecule is Nc1cc2c(cc1CSc1ccc(F)cc1)OCCO2. The molecule has 0 unspecified atom stereocenters. The quantitative estimate of drug-likeness (QED) is 0.694. The number of rotatable bonds is 3. The molecule has 0 amide bonds. The van der Waals surface area contributed by atoms with Gasteiger partial charge in [0.2, 0.25) is 0 Å². The van der Waals surface area contributed by atoms with Crippen LogP contribution in [0.3, 0.4) is 0 Å². The minimum atomic E-state index is -0.229. The second-order valence-electron chi connectivity index (χ2n) is 4.44. The molecule has 0 atom stereocenters. The van der Waals surface area contributed by atoms with Crippen LogP contribution in [0.15, 0.2) is 41.3 Å². The summed E-state index contributed by atoms with van der Waals surface area (Å²) < 4.78 is 23.9. The number of fused-ring (bicyclic) bond motifs is 1. The van der Waals surface area contributed by atoms with Crippen molar-refractivity contribution < 1.29 is 13.9 Å². The summed E-state index contributed by atoms with van der Waals surface area (Å²) >= 11 is 1.60. The summed E-state index contributed by atoms with van der Waals surface area (Å²) in [5, 5.41) is 0. The highest BCUT2D eigenvalue weighted by atomic mass is 32.2. The normalized spacial score (nSPS) is 13.2. The lowest BCUT2D eigenvalue weighted by Gasteiger charge is -2.20. The monoisotopic (exact) mass is 291 g/mol. The van der Waals surface area contributed by atoms with E-state index in [0.717, 1.165) is 16.2 Å². The predicted octanol–water partition coefficient (Wildman–Crippen LogP) is 3.47. The van der Waals surface area contributed by atoms with Gasteiger partial charge in [0, 0.05) is 22.4 Å². The van der Waals surface area contributed by atoms with Crippen molar-refractivity contribution in [1.29, 1.82) is 0 Å². The van der Waals surface area contributed by atoms with E-state index in [2.05, 4.69) is 0 Å². The fourth-order valence-corrected chi connectivity index (χ4v) is 2.86. The summed E-state index contributed by atoms with van der Waals surface area (Å²) in [6.07, 6.45) is 0. The Morgan fingerprint density at radius 2 is 1.70 bits per heavy atom. The van der Waals surface area contributed by atoms with Gasteiger partial charge in [-0.15, -0.1) is 11.8 Å². The molecular formula is C15H14FNO2S. The molecule has 20 heavy (non-hydrogen) atoms. The maximum absolute atomic E-state index is 12.8. The van der Waals surface area contributed by atoms with Crippen LogP contribution >= 0.6 is 11.8 Å². The standard InChI is InChI=1S/C15H14FNO2S/c16-11-1-3-12(4-2-11)20-9-10-7-14-15(8-13(10)17)19-6-5-18-14/h1-4,7-8H,5-6,9,17H2. The molecule has 3 nitrogen and oxygen atoms in total. The number of thioether (sulfide) groups is 1. The number of hydrogen-bond donors (Lipinski definition) is 1. The number of anilines is 1. The summed E-state index contributed by atoms with van der Waals surface area (Å²) in [5.74, 6) is 1.91. The number of nitrogens with two attached hydrogens (primary N) is 1. The molecule has 3 rings (SSSR count). The van der Waals surface area contributed by atoms with Crippen molar-refractivity contribution in [3.05, 3.63) is 47.8 Å². The van der Waals surface area contributed by atoms with Crippen molar-refractivity contribution in [2.75, 3.05) is 18.9 Å². The Hall–Kier alpha value is -1.88. The molecule has 2 aromatic rings. The van der Waals surface area contributed by atoms with Gasteiger partial charge in [-0.3, -0.25) is 0 Å². The first-order valence-electron chi connectivity index (χ1n) is 6.29. The minimum absolute atomic E-state index is 0.229. The summed E-state index contributed by atoms with van der Waals surface area (Å²) in [4.78, 5) is 1.00. The van der Waals surface area contributed by atoms with Gasteiger partial charge in [0.25, 0.3) is 0 Å². The van der Waals surface area contributed by atoms with Crippen molar-refractivity contribution in [2.24, 2.45) is 0 Å². The molecule has 1 aliphatic heterocycles. The Morgan fingerprint density at radius 1 is 1.05 bits per heavy atom. The Morgan fingerprint density at radius 3 is 2.40 bits per heavy atom. The fraction of sp³-hybridized carbons (Fsp3) is 0.200. The van der Waals surface area contributed by atoms with E-state index in [1.165, 1.54) is 12.1 Å². The molecule has 0 fully saturated rings. The van der Waals surface area contributed by atoms with E-state index in [1.54, 1.807) is 30.0 Å². The van der Waals surface area contributed by atoms with Gasteiger partial charge in [-0.05, 0) is 35.9 Å². The summed E-state index contributed by atoms with van der Waals surface area (Å²) in [7, 11) is 0. The van der Waals surface area contributed by atoms with Crippen LogP contribution in [-0.4, -0.2) is 13.2 Å². The highest BCUT2D eigenvalue weighted by Crippen LogP contribution is 2.36. The lowest BCUT2D eigenvalue weighted by molar-refractivity contribution is 0.171. The van der Waals surface area contributed by atoms with Crippen LogP contribution in [0.1, 0.15) is 5.56 Å². The number of hydrogen-bond acceptors (Lipinski definition) is 4. The summed E-state index contributed by atoms with van der Waals surface area (Å²) in [5.41, 5.74) is 7.70. The zero-order chi connectivity index (χ0) is 13.9. The number of halogens is 1. The number of benzene rings is 2. The molecule has 1 aliphatic rings. The van der Waals surface area contributed by atoms with Crippen LogP contribution in [-0.2, 0) is 5.75 Å². The van der Waals surface area contributed by atoms with Crippen molar-refractivity contribution in [3.63, 3.8) is 0 Å². The molecule has 1 heterocycles. The van der Waals surface area contributed by atoms with Crippen LogP contribution in [0.5, 0.6) is 11.5 Å². The smallest absolute Gasteiger partial charge is 0.163 e. The molecule has 2 N–H and O–H groups in total. The molecule has 0 radical (unpaired) electrons. The average molecular weight is 291 g/mol. The highest BCUT2D eigenvalue weighted by Gasteiger charge is 2.14. The van der Waals surface area contributed by atoms with E-state index in [9.17, 15) is 4.39 Å². The lowest BCUT2D eigenvalue weighted by Crippen LogP contribution is -2.15. The Bertz CT molecular complexity index is 616. The molecular weight excluding hydrogens is 277 g/mol. The van der Waals surface area contributed by atoms with Crippen molar-refractivity contribution in [2.45, 2.75) is 10.6 Å². The molecule has 0 saturated heterocycles. The lowest BCUT2D eigenvalue weighted by atomic mass is 10.2. The Kier molecular flexibility index (Phi) is 3.69. The van der Waals surface area contributed by atoms with Crippen LogP contribution in [0.2, 0.25) is 0 Å². The van der Waals surface area contributed by atoms with Crippen LogP contribution in [0.4, 0.5) is 10.1 Å². The molecule has 104 valence electrons. The predicted molar refractivity (Wildman–Crippen MR) is 77.8 cm³/mol. The zero-order valence-electron chi connectivity index (χ0n) is 10.8. The van der Waals surface area contributed by atoms with Crippen LogP contribution in [0.25, 0.3) is 0 Å². The van der Waals surface area contributed by atoms with Crippen molar-refractivity contribution in [3.8, 4) is 11.5 Å². The third-order valence-electron chi connectivity index (χ3n) is 3.01. The molecule has 0 saturated carbocycles. The first-order valence-corrected chi connectivity index (χ1v) is 7.27. The molecule has 0 bridgehead atoms. The van der Waals surface area contributed by atoms with E-state index >= 15 is 0 Å². The van der Waals surface area contributed by atoms with E-state index in [1.807, 2.05) is 6.07 Å². The topological polar surface area (TPSA) is 44.5 Å². The Labute approximate surface area is 120 Å². The molecule has 0 aliphatic carbocycles. The molecule has 0 aromatic heterocycles. The van der Waals surface area contributed by atoms with Crippen molar-refractivity contribution in [1.82, 2.24) is 0 Å². The number of ether oxygens (including phenoxy) is 2. The third-order valence-corrected chi connectivity index (χ3v) is 4.07. The molecule has 2 aromatic carbocycles. The second kappa shape index (κ2) is 5.63. The van der Waals surface area contributed by atoms with E-state index in [4.69, 9.17) is 15.2 Å². The number of nitrogen functional groups attached to an aromatic ring is 1. The van der Waals surface area contributed by atoms with E-state index in [-0.39, 0.29) is 5.82 Å². The second-order valence-corrected chi connectivity index (χ2v) is 5.49. The molecule has 0 spiro atoms. The van der Waals surface area contributed by atoms with Gasteiger partial charge in [-0.2, -0.15) is 0 Å². The van der Waals surface area contributed by atoms with Gasteiger partial charge in [0.15, 0.2) is 11.5 Å². The minimum Gasteiger partial charge on any atom is -0.486 e. The zero-order valence-corrected chi connectivity index (χ0v) is 11.6. The summed E-state index contributed by atoms with van der Waals surface area (Å²) in [6, 6.07) is 10.1. The largest absolute Gasteiger partial charge is 0.486 e. The first kappa shape index (κ1) is 13.1. The van der Waals surface area contributed by atoms with Crippen molar-refractivity contribution >= 4 is 17.4 Å². The van der Waals surface area contributed by atoms with Gasteiger partial charge < -0.3 is 15.2 Å².